The average Bonchev–Trinajstić information content (AvgIpc) is 3.18. The number of aromatic nitrogens is 2. The van der Waals surface area contributed by atoms with Crippen molar-refractivity contribution in [1.82, 2.24) is 20.0 Å². The van der Waals surface area contributed by atoms with Crippen molar-refractivity contribution < 1.29 is 8.42 Å². The van der Waals surface area contributed by atoms with E-state index < -0.39 is 10.0 Å². The van der Waals surface area contributed by atoms with Crippen LogP contribution in [0.4, 0.5) is 0 Å². The fraction of sp³-hybridized carbons (Fsp3) is 0.636. The molecule has 0 amide bonds. The molecular formula is C11H18N4O2S. The zero-order valence-corrected chi connectivity index (χ0v) is 11.0. The molecular weight excluding hydrogens is 252 g/mol. The lowest BCUT2D eigenvalue weighted by atomic mass is 10.4. The molecule has 1 aromatic heterocycles. The maximum Gasteiger partial charge on any atom is 0.211 e. The second-order valence-corrected chi connectivity index (χ2v) is 6.35. The molecule has 0 atom stereocenters. The van der Waals surface area contributed by atoms with E-state index in [4.69, 9.17) is 0 Å². The average molecular weight is 270 g/mol. The van der Waals surface area contributed by atoms with Gasteiger partial charge in [-0.3, -0.25) is 0 Å². The predicted molar refractivity (Wildman–Crippen MR) is 68.3 cm³/mol. The van der Waals surface area contributed by atoms with Gasteiger partial charge in [0.2, 0.25) is 10.0 Å². The first-order chi connectivity index (χ1) is 8.66. The molecule has 1 aliphatic carbocycles. The zero-order chi connectivity index (χ0) is 12.8. The van der Waals surface area contributed by atoms with Crippen LogP contribution in [0.15, 0.2) is 18.6 Å². The second-order valence-electron chi connectivity index (χ2n) is 4.42. The first kappa shape index (κ1) is 13.4. The van der Waals surface area contributed by atoms with Crippen LogP contribution >= 0.6 is 0 Å². The van der Waals surface area contributed by atoms with Crippen molar-refractivity contribution in [3.05, 3.63) is 24.3 Å². The lowest BCUT2D eigenvalue weighted by Crippen LogP contribution is -2.28. The molecule has 1 aliphatic rings. The highest BCUT2D eigenvalue weighted by Gasteiger charge is 2.20. The number of rotatable bonds is 8. The summed E-state index contributed by atoms with van der Waals surface area (Å²) < 4.78 is 25.9. The van der Waals surface area contributed by atoms with Crippen LogP contribution in [-0.2, 0) is 16.6 Å². The maximum absolute atomic E-state index is 11.7. The van der Waals surface area contributed by atoms with Gasteiger partial charge in [0.25, 0.3) is 0 Å². The Hall–Kier alpha value is -1.05. The van der Waals surface area contributed by atoms with Crippen molar-refractivity contribution in [2.24, 2.45) is 0 Å². The summed E-state index contributed by atoms with van der Waals surface area (Å²) >= 11 is 0. The maximum atomic E-state index is 11.7. The lowest BCUT2D eigenvalue weighted by Gasteiger charge is -2.06. The highest BCUT2D eigenvalue weighted by Crippen LogP contribution is 2.18. The number of nitrogens with zero attached hydrogens (tertiary/aromatic N) is 2. The minimum absolute atomic E-state index is 0.151. The van der Waals surface area contributed by atoms with Crippen LogP contribution in [0, 0.1) is 0 Å². The minimum atomic E-state index is -3.21. The van der Waals surface area contributed by atoms with Crippen molar-refractivity contribution in [1.29, 1.82) is 0 Å². The summed E-state index contributed by atoms with van der Waals surface area (Å²) in [4.78, 5) is 7.74. The molecule has 1 aromatic rings. The molecule has 0 aromatic carbocycles. The Morgan fingerprint density at radius 3 is 2.89 bits per heavy atom. The van der Waals surface area contributed by atoms with Gasteiger partial charge < -0.3 is 5.32 Å². The summed E-state index contributed by atoms with van der Waals surface area (Å²) in [6.45, 7) is 0.986. The zero-order valence-electron chi connectivity index (χ0n) is 10.2. The minimum Gasteiger partial charge on any atom is -0.314 e. The molecule has 0 unspecified atom stereocenters. The standard InChI is InChI=1S/C11H18N4O2S/c16-18(17,7-1-5-13-10-2-3-10)15-8-11-4-6-12-9-14-11/h4,6,9-10,13,15H,1-3,5,7-8H2. The molecule has 7 heteroatoms. The van der Waals surface area contributed by atoms with E-state index in [0.717, 1.165) is 6.54 Å². The van der Waals surface area contributed by atoms with Gasteiger partial charge in [0.15, 0.2) is 0 Å². The van der Waals surface area contributed by atoms with Gasteiger partial charge in [-0.25, -0.2) is 23.1 Å². The molecule has 100 valence electrons. The van der Waals surface area contributed by atoms with E-state index in [1.54, 1.807) is 12.3 Å². The Bertz CT molecular complexity index is 459. The largest absolute Gasteiger partial charge is 0.314 e. The number of nitrogens with one attached hydrogen (secondary N) is 2. The fourth-order valence-electron chi connectivity index (χ4n) is 1.53. The molecule has 1 saturated carbocycles. The first-order valence-electron chi connectivity index (χ1n) is 6.11. The van der Waals surface area contributed by atoms with Gasteiger partial charge >= 0.3 is 0 Å². The Morgan fingerprint density at radius 2 is 2.22 bits per heavy atom. The third-order valence-electron chi connectivity index (χ3n) is 2.72. The Balaban J connectivity index is 1.66. The van der Waals surface area contributed by atoms with Gasteiger partial charge in [-0.2, -0.15) is 0 Å². The molecule has 0 radical (unpaired) electrons. The van der Waals surface area contributed by atoms with Gasteiger partial charge in [0, 0.05) is 12.2 Å². The summed E-state index contributed by atoms with van der Waals surface area (Å²) in [5, 5.41) is 3.29. The van der Waals surface area contributed by atoms with E-state index in [0.29, 0.717) is 18.2 Å². The summed E-state index contributed by atoms with van der Waals surface area (Å²) in [6.07, 6.45) is 6.08. The van der Waals surface area contributed by atoms with E-state index >= 15 is 0 Å². The summed E-state index contributed by atoms with van der Waals surface area (Å²) in [6, 6.07) is 2.32. The van der Waals surface area contributed by atoms with Crippen LogP contribution < -0.4 is 10.0 Å². The Labute approximate surface area is 107 Å². The fourth-order valence-corrected chi connectivity index (χ4v) is 2.57. The van der Waals surface area contributed by atoms with Gasteiger partial charge in [-0.1, -0.05) is 0 Å². The third kappa shape index (κ3) is 5.07. The van der Waals surface area contributed by atoms with Gasteiger partial charge in [0.1, 0.15) is 6.33 Å². The number of sulfonamides is 1. The number of hydrogen-bond donors (Lipinski definition) is 2. The van der Waals surface area contributed by atoms with Gasteiger partial charge in [-0.15, -0.1) is 0 Å². The first-order valence-corrected chi connectivity index (χ1v) is 7.76. The quantitative estimate of drug-likeness (QED) is 0.652. The van der Waals surface area contributed by atoms with E-state index in [-0.39, 0.29) is 12.3 Å². The molecule has 1 heterocycles. The Kier molecular flexibility index (Phi) is 4.62. The van der Waals surface area contributed by atoms with Crippen LogP contribution in [0.3, 0.4) is 0 Å². The van der Waals surface area contributed by atoms with Crippen molar-refractivity contribution in [3.8, 4) is 0 Å². The van der Waals surface area contributed by atoms with Crippen molar-refractivity contribution in [3.63, 3.8) is 0 Å². The van der Waals surface area contributed by atoms with Crippen molar-refractivity contribution >= 4 is 10.0 Å². The molecule has 0 spiro atoms. The van der Waals surface area contributed by atoms with Gasteiger partial charge in [-0.05, 0) is 31.9 Å². The highest BCUT2D eigenvalue weighted by atomic mass is 32.2. The van der Waals surface area contributed by atoms with E-state index in [1.807, 2.05) is 0 Å². The van der Waals surface area contributed by atoms with Crippen LogP contribution in [-0.4, -0.2) is 36.7 Å². The summed E-state index contributed by atoms with van der Waals surface area (Å²) in [7, 11) is -3.21. The van der Waals surface area contributed by atoms with Crippen LogP contribution in [0.25, 0.3) is 0 Å². The molecule has 0 aliphatic heterocycles. The van der Waals surface area contributed by atoms with E-state index in [1.165, 1.54) is 19.2 Å². The Morgan fingerprint density at radius 1 is 1.39 bits per heavy atom. The van der Waals surface area contributed by atoms with Gasteiger partial charge in [0.05, 0.1) is 18.0 Å². The molecule has 1 fully saturated rings. The smallest absolute Gasteiger partial charge is 0.211 e. The molecule has 2 N–H and O–H groups in total. The van der Waals surface area contributed by atoms with E-state index in [2.05, 4.69) is 20.0 Å². The molecule has 2 rings (SSSR count). The molecule has 18 heavy (non-hydrogen) atoms. The number of hydrogen-bond acceptors (Lipinski definition) is 5. The topological polar surface area (TPSA) is 84.0 Å². The summed E-state index contributed by atoms with van der Waals surface area (Å²) in [5.41, 5.74) is 0.671. The van der Waals surface area contributed by atoms with Crippen molar-refractivity contribution in [2.75, 3.05) is 12.3 Å². The normalized spacial score (nSPS) is 15.8. The second kappa shape index (κ2) is 6.21. The molecule has 0 saturated heterocycles. The molecule has 6 nitrogen and oxygen atoms in total. The monoisotopic (exact) mass is 270 g/mol. The SMILES string of the molecule is O=S(=O)(CCCNC1CC1)NCc1ccncn1. The van der Waals surface area contributed by atoms with Crippen LogP contribution in [0.1, 0.15) is 25.0 Å². The molecule has 0 bridgehead atoms. The predicted octanol–water partition coefficient (Wildman–Crippen LogP) is 0.0381. The lowest BCUT2D eigenvalue weighted by molar-refractivity contribution is 0.573. The van der Waals surface area contributed by atoms with E-state index in [9.17, 15) is 8.42 Å². The van der Waals surface area contributed by atoms with Crippen molar-refractivity contribution in [2.45, 2.75) is 31.8 Å². The third-order valence-corrected chi connectivity index (χ3v) is 4.13. The van der Waals surface area contributed by atoms with Crippen LogP contribution in [0.5, 0.6) is 0 Å². The highest BCUT2D eigenvalue weighted by molar-refractivity contribution is 7.89. The van der Waals surface area contributed by atoms with Crippen LogP contribution in [0.2, 0.25) is 0 Å². The summed E-state index contributed by atoms with van der Waals surface area (Å²) in [5.74, 6) is 0.151.